The Bertz CT molecular complexity index is 1270. The number of aryl methyl sites for hydroxylation is 2. The lowest BCUT2D eigenvalue weighted by Crippen LogP contribution is -2.20. The Labute approximate surface area is 200 Å². The monoisotopic (exact) mass is 453 g/mol. The number of hydrogen-bond acceptors (Lipinski definition) is 4. The lowest BCUT2D eigenvalue weighted by atomic mass is 9.93. The maximum atomic E-state index is 13.4. The standard InChI is InChI=1S/C28H31N5O/c1-20-26-15-9-10-16-27(26)32(31-20)19-25(34)18-23(17-22-11-5-3-6-12-22)28-30-29-21(2)33(28)24-13-7-4-8-14-24/h3-8,11-14,23H,9-10,15-19H2,1-2H3. The molecule has 0 radical (unpaired) electrons. The van der Waals surface area contributed by atoms with Gasteiger partial charge in [0.05, 0.1) is 12.2 Å². The molecule has 2 aromatic heterocycles. The smallest absolute Gasteiger partial charge is 0.155 e. The SMILES string of the molecule is Cc1nn(CC(=O)CC(Cc2ccccc2)c2nnc(C)n2-c2ccccc2)c2c1CCCC2. The molecule has 34 heavy (non-hydrogen) atoms. The molecule has 0 spiro atoms. The first-order valence-corrected chi connectivity index (χ1v) is 12.2. The Kier molecular flexibility index (Phi) is 6.39. The number of aromatic nitrogens is 5. The quantitative estimate of drug-likeness (QED) is 0.379. The first-order chi connectivity index (χ1) is 16.6. The number of ketones is 1. The third kappa shape index (κ3) is 4.58. The first kappa shape index (κ1) is 22.3. The van der Waals surface area contributed by atoms with Crippen LogP contribution in [0.1, 0.15) is 59.3 Å². The largest absolute Gasteiger partial charge is 0.298 e. The van der Waals surface area contributed by atoms with Crippen molar-refractivity contribution in [2.75, 3.05) is 0 Å². The summed E-state index contributed by atoms with van der Waals surface area (Å²) in [5.74, 6) is 1.75. The molecule has 2 heterocycles. The van der Waals surface area contributed by atoms with E-state index in [-0.39, 0.29) is 11.7 Å². The van der Waals surface area contributed by atoms with Crippen molar-refractivity contribution in [3.63, 3.8) is 0 Å². The van der Waals surface area contributed by atoms with Gasteiger partial charge in [0.1, 0.15) is 11.6 Å². The van der Waals surface area contributed by atoms with E-state index in [9.17, 15) is 4.79 Å². The van der Waals surface area contributed by atoms with Crippen molar-refractivity contribution in [1.82, 2.24) is 24.5 Å². The van der Waals surface area contributed by atoms with Crippen LogP contribution in [0, 0.1) is 13.8 Å². The minimum Gasteiger partial charge on any atom is -0.298 e. The third-order valence-electron chi connectivity index (χ3n) is 6.81. The molecule has 1 unspecified atom stereocenters. The summed E-state index contributed by atoms with van der Waals surface area (Å²) in [6, 6.07) is 20.5. The van der Waals surface area contributed by atoms with Crippen molar-refractivity contribution in [2.45, 2.75) is 64.8 Å². The second-order valence-electron chi connectivity index (χ2n) is 9.28. The van der Waals surface area contributed by atoms with Gasteiger partial charge in [-0.1, -0.05) is 48.5 Å². The normalized spacial score (nSPS) is 14.1. The Morgan fingerprint density at radius 1 is 0.941 bits per heavy atom. The maximum Gasteiger partial charge on any atom is 0.155 e. The van der Waals surface area contributed by atoms with Gasteiger partial charge in [0.15, 0.2) is 5.78 Å². The average Bonchev–Trinajstić information content (AvgIpc) is 3.40. The zero-order valence-corrected chi connectivity index (χ0v) is 19.9. The van der Waals surface area contributed by atoms with Crippen molar-refractivity contribution in [3.8, 4) is 5.69 Å². The van der Waals surface area contributed by atoms with Crippen LogP contribution in [-0.4, -0.2) is 30.3 Å². The number of fused-ring (bicyclic) bond motifs is 1. The lowest BCUT2D eigenvalue weighted by Gasteiger charge is -2.19. The molecule has 1 atom stereocenters. The van der Waals surface area contributed by atoms with Crippen LogP contribution in [-0.2, 0) is 30.6 Å². The van der Waals surface area contributed by atoms with Crippen LogP contribution in [0.5, 0.6) is 0 Å². The number of rotatable bonds is 8. The molecule has 2 aromatic carbocycles. The summed E-state index contributed by atoms with van der Waals surface area (Å²) >= 11 is 0. The van der Waals surface area contributed by atoms with Crippen LogP contribution in [0.4, 0.5) is 0 Å². The van der Waals surface area contributed by atoms with E-state index in [1.165, 1.54) is 29.7 Å². The predicted molar refractivity (Wildman–Crippen MR) is 132 cm³/mol. The maximum absolute atomic E-state index is 13.4. The summed E-state index contributed by atoms with van der Waals surface area (Å²) in [4.78, 5) is 13.4. The molecular weight excluding hydrogens is 422 g/mol. The van der Waals surface area contributed by atoms with Gasteiger partial charge < -0.3 is 0 Å². The summed E-state index contributed by atoms with van der Waals surface area (Å²) in [5, 5.41) is 13.7. The van der Waals surface area contributed by atoms with E-state index in [0.29, 0.717) is 13.0 Å². The number of benzene rings is 2. The fraction of sp³-hybridized carbons (Fsp3) is 0.357. The summed E-state index contributed by atoms with van der Waals surface area (Å²) in [6.07, 6.45) is 5.59. The van der Waals surface area contributed by atoms with Crippen LogP contribution in [0.2, 0.25) is 0 Å². The van der Waals surface area contributed by atoms with Crippen LogP contribution < -0.4 is 0 Å². The Balaban J connectivity index is 1.44. The van der Waals surface area contributed by atoms with Gasteiger partial charge >= 0.3 is 0 Å². The minimum absolute atomic E-state index is 0.0798. The highest BCUT2D eigenvalue weighted by Gasteiger charge is 2.26. The third-order valence-corrected chi connectivity index (χ3v) is 6.81. The molecular formula is C28H31N5O. The fourth-order valence-electron chi connectivity index (χ4n) is 5.20. The van der Waals surface area contributed by atoms with Crippen LogP contribution in [0.25, 0.3) is 5.69 Å². The number of carbonyl (C=O) groups excluding carboxylic acids is 1. The van der Waals surface area contributed by atoms with E-state index < -0.39 is 0 Å². The molecule has 174 valence electrons. The number of para-hydroxylation sites is 1. The van der Waals surface area contributed by atoms with E-state index in [0.717, 1.165) is 42.3 Å². The van der Waals surface area contributed by atoms with Crippen molar-refractivity contribution < 1.29 is 4.79 Å². The van der Waals surface area contributed by atoms with Crippen LogP contribution >= 0.6 is 0 Å². The number of Topliss-reactive ketones (excluding diaryl/α,β-unsaturated/α-hetero) is 1. The molecule has 0 bridgehead atoms. The van der Waals surface area contributed by atoms with Crippen molar-refractivity contribution in [1.29, 1.82) is 0 Å². The molecule has 1 aliphatic rings. The van der Waals surface area contributed by atoms with E-state index in [1.807, 2.05) is 48.0 Å². The van der Waals surface area contributed by atoms with E-state index in [1.54, 1.807) is 0 Å². The Morgan fingerprint density at radius 2 is 1.65 bits per heavy atom. The second kappa shape index (κ2) is 9.75. The highest BCUT2D eigenvalue weighted by atomic mass is 16.1. The zero-order valence-electron chi connectivity index (χ0n) is 19.9. The average molecular weight is 454 g/mol. The van der Waals surface area contributed by atoms with Gasteiger partial charge in [-0.3, -0.25) is 14.0 Å². The topological polar surface area (TPSA) is 65.6 Å². The molecule has 0 saturated carbocycles. The van der Waals surface area contributed by atoms with Crippen molar-refractivity contribution >= 4 is 5.78 Å². The van der Waals surface area contributed by atoms with Gasteiger partial charge in [-0.25, -0.2) is 0 Å². The van der Waals surface area contributed by atoms with E-state index in [2.05, 4.69) is 46.0 Å². The molecule has 0 fully saturated rings. The Morgan fingerprint density at radius 3 is 2.41 bits per heavy atom. The van der Waals surface area contributed by atoms with Gasteiger partial charge in [-0.2, -0.15) is 5.10 Å². The second-order valence-corrected chi connectivity index (χ2v) is 9.28. The fourth-order valence-corrected chi connectivity index (χ4v) is 5.20. The molecule has 0 saturated heterocycles. The molecule has 6 nitrogen and oxygen atoms in total. The highest BCUT2D eigenvalue weighted by molar-refractivity contribution is 5.79. The van der Waals surface area contributed by atoms with E-state index in [4.69, 9.17) is 5.10 Å². The van der Waals surface area contributed by atoms with Gasteiger partial charge in [-0.05, 0) is 69.2 Å². The zero-order chi connectivity index (χ0) is 23.5. The van der Waals surface area contributed by atoms with Gasteiger partial charge in [0.2, 0.25) is 0 Å². The van der Waals surface area contributed by atoms with Crippen molar-refractivity contribution in [3.05, 3.63) is 94.8 Å². The lowest BCUT2D eigenvalue weighted by molar-refractivity contribution is -0.120. The minimum atomic E-state index is -0.0798. The molecule has 0 N–H and O–H groups in total. The summed E-state index contributed by atoms with van der Waals surface area (Å²) in [7, 11) is 0. The number of hydrogen-bond donors (Lipinski definition) is 0. The summed E-state index contributed by atoms with van der Waals surface area (Å²) in [5.41, 5.74) is 5.87. The van der Waals surface area contributed by atoms with Crippen molar-refractivity contribution in [2.24, 2.45) is 0 Å². The highest BCUT2D eigenvalue weighted by Crippen LogP contribution is 2.28. The summed E-state index contributed by atoms with van der Waals surface area (Å²) < 4.78 is 4.04. The van der Waals surface area contributed by atoms with Gasteiger partial charge in [0.25, 0.3) is 0 Å². The van der Waals surface area contributed by atoms with E-state index >= 15 is 0 Å². The molecule has 6 heteroatoms. The predicted octanol–water partition coefficient (Wildman–Crippen LogP) is 4.95. The molecule has 0 amide bonds. The molecule has 1 aliphatic carbocycles. The first-order valence-electron chi connectivity index (χ1n) is 12.2. The Hall–Kier alpha value is -3.54. The number of carbonyl (C=O) groups is 1. The van der Waals surface area contributed by atoms with Gasteiger partial charge in [0, 0.05) is 23.7 Å². The van der Waals surface area contributed by atoms with Crippen LogP contribution in [0.3, 0.4) is 0 Å². The van der Waals surface area contributed by atoms with Gasteiger partial charge in [-0.15, -0.1) is 10.2 Å². The number of nitrogens with zero attached hydrogens (tertiary/aromatic N) is 5. The summed E-state index contributed by atoms with van der Waals surface area (Å²) in [6.45, 7) is 4.35. The molecule has 0 aliphatic heterocycles. The molecule has 4 aromatic rings. The van der Waals surface area contributed by atoms with Crippen LogP contribution in [0.15, 0.2) is 60.7 Å². The molecule has 5 rings (SSSR count).